The lowest BCUT2D eigenvalue weighted by Gasteiger charge is -2.07. The van der Waals surface area contributed by atoms with Gasteiger partial charge in [0, 0.05) is 0 Å². The van der Waals surface area contributed by atoms with E-state index in [1.165, 1.54) is 6.07 Å². The first-order valence-corrected chi connectivity index (χ1v) is 7.44. The van der Waals surface area contributed by atoms with Gasteiger partial charge in [0.1, 0.15) is 17.3 Å². The van der Waals surface area contributed by atoms with Crippen molar-refractivity contribution in [1.82, 2.24) is 0 Å². The van der Waals surface area contributed by atoms with Gasteiger partial charge < -0.3 is 9.73 Å². The van der Waals surface area contributed by atoms with Crippen LogP contribution in [0.5, 0.6) is 0 Å². The zero-order valence-corrected chi connectivity index (χ0v) is 12.1. The molecule has 0 aliphatic carbocycles. The maximum atomic E-state index is 13.8. The first kappa shape index (κ1) is 15.2. The summed E-state index contributed by atoms with van der Waals surface area (Å²) in [5, 5.41) is 7.25. The molecular weight excluding hydrogens is 299 g/mol. The second-order valence-corrected chi connectivity index (χ2v) is 6.03. The van der Waals surface area contributed by atoms with Crippen molar-refractivity contribution in [3.8, 4) is 0 Å². The molecule has 8 heteroatoms. The molecule has 3 N–H and O–H groups in total. The van der Waals surface area contributed by atoms with Crippen LogP contribution in [0, 0.1) is 19.7 Å². The number of sulfonamides is 1. The predicted octanol–water partition coefficient (Wildman–Crippen LogP) is 1.94. The maximum absolute atomic E-state index is 13.8. The Morgan fingerprint density at radius 1 is 1.29 bits per heavy atom. The van der Waals surface area contributed by atoms with E-state index < -0.39 is 21.7 Å². The van der Waals surface area contributed by atoms with E-state index in [-0.39, 0.29) is 16.1 Å². The van der Waals surface area contributed by atoms with Gasteiger partial charge in [-0.25, -0.2) is 17.9 Å². The van der Waals surface area contributed by atoms with Crippen molar-refractivity contribution < 1.29 is 22.0 Å². The highest BCUT2D eigenvalue weighted by Crippen LogP contribution is 2.20. The van der Waals surface area contributed by atoms with Crippen LogP contribution in [-0.4, -0.2) is 14.3 Å². The van der Waals surface area contributed by atoms with E-state index in [0.29, 0.717) is 11.5 Å². The van der Waals surface area contributed by atoms with E-state index in [1.54, 1.807) is 13.8 Å². The number of furan rings is 1. The third-order valence-electron chi connectivity index (χ3n) is 2.80. The lowest BCUT2D eigenvalue weighted by atomic mass is 10.2. The molecule has 6 nitrogen and oxygen atoms in total. The molecule has 1 heterocycles. The molecule has 0 unspecified atom stereocenters. The fraction of sp³-hybridized carbons (Fsp3) is 0.154. The SMILES string of the molecule is Cc1cc(C(=O)Nc2ccc(S(N)(=O)=O)cc2F)c(C)o1. The summed E-state index contributed by atoms with van der Waals surface area (Å²) in [5.74, 6) is -0.478. The molecule has 0 radical (unpaired) electrons. The normalized spacial score (nSPS) is 11.4. The number of amides is 1. The molecule has 0 saturated carbocycles. The summed E-state index contributed by atoms with van der Waals surface area (Å²) in [6.45, 7) is 3.30. The van der Waals surface area contributed by atoms with Crippen LogP contribution in [0.2, 0.25) is 0 Å². The molecule has 1 amide bonds. The van der Waals surface area contributed by atoms with E-state index in [9.17, 15) is 17.6 Å². The van der Waals surface area contributed by atoms with Crippen molar-refractivity contribution in [2.75, 3.05) is 5.32 Å². The van der Waals surface area contributed by atoms with Crippen molar-refractivity contribution in [2.24, 2.45) is 5.14 Å². The van der Waals surface area contributed by atoms with E-state index in [4.69, 9.17) is 9.56 Å². The Kier molecular flexibility index (Phi) is 3.84. The van der Waals surface area contributed by atoms with Crippen LogP contribution in [-0.2, 0) is 10.0 Å². The highest BCUT2D eigenvalue weighted by atomic mass is 32.2. The topological polar surface area (TPSA) is 102 Å². The van der Waals surface area contributed by atoms with Gasteiger partial charge in [-0.2, -0.15) is 0 Å². The van der Waals surface area contributed by atoms with Crippen LogP contribution in [0.15, 0.2) is 33.6 Å². The van der Waals surface area contributed by atoms with E-state index in [0.717, 1.165) is 18.2 Å². The van der Waals surface area contributed by atoms with Gasteiger partial charge in [0.15, 0.2) is 0 Å². The number of carbonyl (C=O) groups is 1. The largest absolute Gasteiger partial charge is 0.466 e. The first-order chi connectivity index (χ1) is 9.68. The van der Waals surface area contributed by atoms with Gasteiger partial charge >= 0.3 is 0 Å². The van der Waals surface area contributed by atoms with Crippen LogP contribution < -0.4 is 10.5 Å². The summed E-state index contributed by atoms with van der Waals surface area (Å²) in [6, 6.07) is 4.52. The maximum Gasteiger partial charge on any atom is 0.259 e. The van der Waals surface area contributed by atoms with Gasteiger partial charge in [-0.1, -0.05) is 0 Å². The number of nitrogens with two attached hydrogens (primary N) is 1. The second-order valence-electron chi connectivity index (χ2n) is 4.47. The molecule has 0 bridgehead atoms. The minimum Gasteiger partial charge on any atom is -0.466 e. The summed E-state index contributed by atoms with van der Waals surface area (Å²) < 4.78 is 41.2. The smallest absolute Gasteiger partial charge is 0.259 e. The molecule has 1 aromatic heterocycles. The zero-order valence-electron chi connectivity index (χ0n) is 11.3. The minimum absolute atomic E-state index is 0.148. The van der Waals surface area contributed by atoms with Crippen LogP contribution in [0.4, 0.5) is 10.1 Å². The lowest BCUT2D eigenvalue weighted by Crippen LogP contribution is -2.15. The summed E-state index contributed by atoms with van der Waals surface area (Å²) >= 11 is 0. The van der Waals surface area contributed by atoms with E-state index in [1.807, 2.05) is 0 Å². The van der Waals surface area contributed by atoms with Crippen molar-refractivity contribution in [1.29, 1.82) is 0 Å². The average Bonchev–Trinajstić information content (AvgIpc) is 2.69. The molecular formula is C13H13FN2O4S. The molecule has 0 fully saturated rings. The van der Waals surface area contributed by atoms with E-state index in [2.05, 4.69) is 5.32 Å². The number of halogens is 1. The van der Waals surface area contributed by atoms with Crippen molar-refractivity contribution in [3.63, 3.8) is 0 Å². The summed E-state index contributed by atoms with van der Waals surface area (Å²) in [4.78, 5) is 11.6. The van der Waals surface area contributed by atoms with Crippen LogP contribution in [0.1, 0.15) is 21.9 Å². The highest BCUT2D eigenvalue weighted by Gasteiger charge is 2.17. The quantitative estimate of drug-likeness (QED) is 0.904. The number of anilines is 1. The fourth-order valence-corrected chi connectivity index (χ4v) is 2.35. The number of hydrogen-bond acceptors (Lipinski definition) is 4. The molecule has 0 aliphatic rings. The number of carbonyl (C=O) groups excluding carboxylic acids is 1. The highest BCUT2D eigenvalue weighted by molar-refractivity contribution is 7.89. The number of aryl methyl sites for hydroxylation is 2. The Morgan fingerprint density at radius 3 is 2.43 bits per heavy atom. The van der Waals surface area contributed by atoms with E-state index >= 15 is 0 Å². The predicted molar refractivity (Wildman–Crippen MR) is 73.9 cm³/mol. The Balaban J connectivity index is 2.28. The monoisotopic (exact) mass is 312 g/mol. The number of primary sulfonamides is 1. The Bertz CT molecular complexity index is 812. The molecule has 0 spiro atoms. The number of nitrogens with one attached hydrogen (secondary N) is 1. The Morgan fingerprint density at radius 2 is 1.95 bits per heavy atom. The molecule has 2 aromatic rings. The standard InChI is InChI=1S/C13H13FN2O4S/c1-7-5-10(8(2)20-7)13(17)16-12-4-3-9(6-11(12)14)21(15,18)19/h3-6H,1-2H3,(H,16,17)(H2,15,18,19). The van der Waals surface area contributed by atoms with Crippen LogP contribution in [0.25, 0.3) is 0 Å². The van der Waals surface area contributed by atoms with Gasteiger partial charge in [0.05, 0.1) is 16.1 Å². The molecule has 112 valence electrons. The molecule has 2 rings (SSSR count). The zero-order chi connectivity index (χ0) is 15.8. The molecule has 21 heavy (non-hydrogen) atoms. The van der Waals surface area contributed by atoms with Crippen molar-refractivity contribution in [3.05, 3.63) is 47.2 Å². The lowest BCUT2D eigenvalue weighted by molar-refractivity contribution is 0.102. The fourth-order valence-electron chi connectivity index (χ4n) is 1.82. The number of benzene rings is 1. The van der Waals surface area contributed by atoms with Gasteiger partial charge in [-0.05, 0) is 38.1 Å². The van der Waals surface area contributed by atoms with Crippen molar-refractivity contribution >= 4 is 21.6 Å². The van der Waals surface area contributed by atoms with Crippen LogP contribution in [0.3, 0.4) is 0 Å². The van der Waals surface area contributed by atoms with Crippen molar-refractivity contribution in [2.45, 2.75) is 18.7 Å². The molecule has 0 aliphatic heterocycles. The summed E-state index contributed by atoms with van der Waals surface area (Å²) in [5.41, 5.74) is 0.132. The molecule has 1 aromatic carbocycles. The van der Waals surface area contributed by atoms with Gasteiger partial charge in [-0.15, -0.1) is 0 Å². The minimum atomic E-state index is -3.99. The van der Waals surface area contributed by atoms with Gasteiger partial charge in [0.25, 0.3) is 5.91 Å². The Hall–Kier alpha value is -2.19. The summed E-state index contributed by atoms with van der Waals surface area (Å²) in [7, 11) is -3.99. The number of rotatable bonds is 3. The molecule has 0 saturated heterocycles. The van der Waals surface area contributed by atoms with Crippen LogP contribution >= 0.6 is 0 Å². The van der Waals surface area contributed by atoms with Gasteiger partial charge in [-0.3, -0.25) is 4.79 Å². The molecule has 0 atom stereocenters. The third-order valence-corrected chi connectivity index (χ3v) is 3.71. The second kappa shape index (κ2) is 5.30. The first-order valence-electron chi connectivity index (χ1n) is 5.89. The Labute approximate surface area is 120 Å². The average molecular weight is 312 g/mol. The third kappa shape index (κ3) is 3.29. The number of hydrogen-bond donors (Lipinski definition) is 2. The summed E-state index contributed by atoms with van der Waals surface area (Å²) in [6.07, 6.45) is 0. The van der Waals surface area contributed by atoms with Gasteiger partial charge in [0.2, 0.25) is 10.0 Å².